The van der Waals surface area contributed by atoms with Gasteiger partial charge in [0.1, 0.15) is 5.75 Å². The maximum atomic E-state index is 9.36. The van der Waals surface area contributed by atoms with Crippen LogP contribution in [0.15, 0.2) is 48.5 Å². The summed E-state index contributed by atoms with van der Waals surface area (Å²) < 4.78 is 0. The molecule has 0 amide bonds. The largest absolute Gasteiger partial charge is 0.508 e. The maximum absolute atomic E-state index is 9.36. The highest BCUT2D eigenvalue weighted by atomic mass is 16.3. The van der Waals surface area contributed by atoms with Gasteiger partial charge in [-0.15, -0.1) is 0 Å². The van der Waals surface area contributed by atoms with Gasteiger partial charge in [-0.3, -0.25) is 4.90 Å². The van der Waals surface area contributed by atoms with Crippen LogP contribution in [0.25, 0.3) is 0 Å². The normalized spacial score (nSPS) is 16.1. The Morgan fingerprint density at radius 3 is 2.33 bits per heavy atom. The van der Waals surface area contributed by atoms with Crippen LogP contribution in [0.4, 0.5) is 5.69 Å². The summed E-state index contributed by atoms with van der Waals surface area (Å²) in [6.45, 7) is 7.41. The van der Waals surface area contributed by atoms with Crippen molar-refractivity contribution < 1.29 is 5.11 Å². The van der Waals surface area contributed by atoms with E-state index in [0.717, 1.165) is 32.7 Å². The van der Waals surface area contributed by atoms with Crippen LogP contribution in [0.3, 0.4) is 0 Å². The molecule has 3 rings (SSSR count). The Hall–Kier alpha value is -2.00. The van der Waals surface area contributed by atoms with Crippen molar-refractivity contribution in [1.82, 2.24) is 4.90 Å². The first-order valence-corrected chi connectivity index (χ1v) is 7.52. The molecule has 3 heteroatoms. The fraction of sp³-hybridized carbons (Fsp3) is 0.333. The summed E-state index contributed by atoms with van der Waals surface area (Å²) in [7, 11) is 0. The molecule has 0 aromatic heterocycles. The fourth-order valence-corrected chi connectivity index (χ4v) is 2.90. The predicted octanol–water partition coefficient (Wildman–Crippen LogP) is 3.02. The molecule has 0 bridgehead atoms. The molecule has 1 saturated heterocycles. The smallest absolute Gasteiger partial charge is 0.115 e. The van der Waals surface area contributed by atoms with E-state index in [2.05, 4.69) is 41.0 Å². The molecule has 1 N–H and O–H groups in total. The van der Waals surface area contributed by atoms with Gasteiger partial charge < -0.3 is 10.0 Å². The van der Waals surface area contributed by atoms with Crippen LogP contribution in [0.1, 0.15) is 11.1 Å². The zero-order chi connectivity index (χ0) is 14.7. The summed E-state index contributed by atoms with van der Waals surface area (Å²) in [6, 6.07) is 16.3. The molecule has 0 saturated carbocycles. The molecule has 1 fully saturated rings. The zero-order valence-corrected chi connectivity index (χ0v) is 12.5. The van der Waals surface area contributed by atoms with E-state index in [1.807, 2.05) is 12.1 Å². The topological polar surface area (TPSA) is 26.7 Å². The van der Waals surface area contributed by atoms with Gasteiger partial charge in [0.25, 0.3) is 0 Å². The molecule has 110 valence electrons. The van der Waals surface area contributed by atoms with E-state index < -0.39 is 0 Å². The summed E-state index contributed by atoms with van der Waals surface area (Å²) in [5, 5.41) is 9.36. The number of hydrogen-bond donors (Lipinski definition) is 1. The average Bonchev–Trinajstić information content (AvgIpc) is 2.49. The van der Waals surface area contributed by atoms with Crippen molar-refractivity contribution in [3.05, 3.63) is 59.7 Å². The van der Waals surface area contributed by atoms with Crippen LogP contribution in [0.2, 0.25) is 0 Å². The van der Waals surface area contributed by atoms with Crippen molar-refractivity contribution in [2.24, 2.45) is 0 Å². The summed E-state index contributed by atoms with van der Waals surface area (Å²) in [4.78, 5) is 4.89. The Labute approximate surface area is 126 Å². The first-order chi connectivity index (χ1) is 10.2. The van der Waals surface area contributed by atoms with E-state index in [0.29, 0.717) is 5.75 Å². The zero-order valence-electron chi connectivity index (χ0n) is 12.5. The molecular formula is C18H22N2O. The number of aromatic hydroxyl groups is 1. The predicted molar refractivity (Wildman–Crippen MR) is 86.8 cm³/mol. The second-order valence-electron chi connectivity index (χ2n) is 5.77. The lowest BCUT2D eigenvalue weighted by molar-refractivity contribution is 0.250. The molecule has 2 aromatic carbocycles. The monoisotopic (exact) mass is 282 g/mol. The Morgan fingerprint density at radius 1 is 0.952 bits per heavy atom. The fourth-order valence-electron chi connectivity index (χ4n) is 2.90. The van der Waals surface area contributed by atoms with E-state index in [4.69, 9.17) is 0 Å². The van der Waals surface area contributed by atoms with Crippen LogP contribution in [0, 0.1) is 6.92 Å². The highest BCUT2D eigenvalue weighted by Crippen LogP contribution is 2.20. The third-order valence-electron chi connectivity index (χ3n) is 4.08. The molecule has 21 heavy (non-hydrogen) atoms. The Bertz CT molecular complexity index is 586. The molecule has 0 spiro atoms. The number of rotatable bonds is 3. The second-order valence-corrected chi connectivity index (χ2v) is 5.77. The number of aryl methyl sites for hydroxylation is 1. The number of anilines is 1. The SMILES string of the molecule is Cc1cccc(CN2CCN(c3ccc(O)cc3)CC2)c1. The van der Waals surface area contributed by atoms with Gasteiger partial charge in [0.05, 0.1) is 0 Å². The van der Waals surface area contributed by atoms with Gasteiger partial charge >= 0.3 is 0 Å². The number of piperazine rings is 1. The van der Waals surface area contributed by atoms with Gasteiger partial charge in [0.15, 0.2) is 0 Å². The molecule has 3 nitrogen and oxygen atoms in total. The Morgan fingerprint density at radius 2 is 1.67 bits per heavy atom. The van der Waals surface area contributed by atoms with Crippen molar-refractivity contribution in [3.63, 3.8) is 0 Å². The molecule has 0 radical (unpaired) electrons. The average molecular weight is 282 g/mol. The lowest BCUT2D eigenvalue weighted by atomic mass is 10.1. The quantitative estimate of drug-likeness (QED) is 0.937. The highest BCUT2D eigenvalue weighted by molar-refractivity contribution is 5.49. The van der Waals surface area contributed by atoms with Crippen LogP contribution >= 0.6 is 0 Å². The van der Waals surface area contributed by atoms with Crippen LogP contribution in [-0.4, -0.2) is 36.2 Å². The number of hydrogen-bond acceptors (Lipinski definition) is 3. The molecule has 0 atom stereocenters. The standard InChI is InChI=1S/C18H22N2O/c1-15-3-2-4-16(13-15)14-19-9-11-20(12-10-19)17-5-7-18(21)8-6-17/h2-8,13,21H,9-12,14H2,1H3. The van der Waals surface area contributed by atoms with E-state index in [1.165, 1.54) is 16.8 Å². The molecule has 2 aromatic rings. The van der Waals surface area contributed by atoms with Gasteiger partial charge in [-0.05, 0) is 36.8 Å². The number of phenols is 1. The minimum Gasteiger partial charge on any atom is -0.508 e. The van der Waals surface area contributed by atoms with Gasteiger partial charge in [-0.1, -0.05) is 29.8 Å². The Kier molecular flexibility index (Phi) is 4.11. The number of nitrogens with zero attached hydrogens (tertiary/aromatic N) is 2. The number of phenolic OH excluding ortho intramolecular Hbond substituents is 1. The summed E-state index contributed by atoms with van der Waals surface area (Å²) >= 11 is 0. The second kappa shape index (κ2) is 6.19. The van der Waals surface area contributed by atoms with Gasteiger partial charge in [0.2, 0.25) is 0 Å². The van der Waals surface area contributed by atoms with E-state index in [-0.39, 0.29) is 0 Å². The van der Waals surface area contributed by atoms with Crippen molar-refractivity contribution in [1.29, 1.82) is 0 Å². The van der Waals surface area contributed by atoms with Gasteiger partial charge in [-0.25, -0.2) is 0 Å². The van der Waals surface area contributed by atoms with E-state index >= 15 is 0 Å². The lowest BCUT2D eigenvalue weighted by Crippen LogP contribution is -2.45. The summed E-state index contributed by atoms with van der Waals surface area (Å²) in [6.07, 6.45) is 0. The van der Waals surface area contributed by atoms with Crippen molar-refractivity contribution in [2.75, 3.05) is 31.1 Å². The van der Waals surface area contributed by atoms with E-state index in [9.17, 15) is 5.11 Å². The first-order valence-electron chi connectivity index (χ1n) is 7.52. The van der Waals surface area contributed by atoms with Crippen molar-refractivity contribution >= 4 is 5.69 Å². The summed E-state index contributed by atoms with van der Waals surface area (Å²) in [5.74, 6) is 0.330. The summed E-state index contributed by atoms with van der Waals surface area (Å²) in [5.41, 5.74) is 3.92. The van der Waals surface area contributed by atoms with Crippen molar-refractivity contribution in [2.45, 2.75) is 13.5 Å². The third kappa shape index (κ3) is 3.56. The van der Waals surface area contributed by atoms with Crippen molar-refractivity contribution in [3.8, 4) is 5.75 Å². The number of benzene rings is 2. The van der Waals surface area contributed by atoms with Gasteiger partial charge in [0, 0.05) is 38.4 Å². The third-order valence-corrected chi connectivity index (χ3v) is 4.08. The van der Waals surface area contributed by atoms with Crippen LogP contribution < -0.4 is 4.90 Å². The molecule has 1 heterocycles. The van der Waals surface area contributed by atoms with Crippen LogP contribution in [0.5, 0.6) is 5.75 Å². The molecule has 1 aliphatic rings. The molecule has 0 aliphatic carbocycles. The first kappa shape index (κ1) is 14.0. The van der Waals surface area contributed by atoms with Crippen LogP contribution in [-0.2, 0) is 6.54 Å². The lowest BCUT2D eigenvalue weighted by Gasteiger charge is -2.36. The minimum absolute atomic E-state index is 0.330. The minimum atomic E-state index is 0.330. The highest BCUT2D eigenvalue weighted by Gasteiger charge is 2.17. The van der Waals surface area contributed by atoms with E-state index in [1.54, 1.807) is 12.1 Å². The molecule has 0 unspecified atom stereocenters. The maximum Gasteiger partial charge on any atom is 0.115 e. The Balaban J connectivity index is 1.56. The molecular weight excluding hydrogens is 260 g/mol. The van der Waals surface area contributed by atoms with Gasteiger partial charge in [-0.2, -0.15) is 0 Å². The molecule has 1 aliphatic heterocycles.